The van der Waals surface area contributed by atoms with E-state index in [0.717, 1.165) is 21.6 Å². The molecular weight excluding hydrogens is 1710 g/mol. The second-order valence-corrected chi connectivity index (χ2v) is 35.5. The van der Waals surface area contributed by atoms with E-state index in [9.17, 15) is 28.8 Å². The highest BCUT2D eigenvalue weighted by Crippen LogP contribution is 2.40. The molecule has 0 spiro atoms. The Labute approximate surface area is 711 Å². The number of thiazole rings is 3. The van der Waals surface area contributed by atoms with Crippen molar-refractivity contribution in [2.45, 2.75) is 87.4 Å². The van der Waals surface area contributed by atoms with Crippen LogP contribution in [0.1, 0.15) is 119 Å². The average Bonchev–Trinajstić information content (AvgIpc) is 1.62. The molecule has 15 rings (SSSR count). The Balaban J connectivity index is 0.000000155. The minimum Gasteiger partial charge on any atom is -0.481 e. The summed E-state index contributed by atoms with van der Waals surface area (Å²) in [5.74, 6) is 1.40. The van der Waals surface area contributed by atoms with Crippen LogP contribution in [-0.4, -0.2) is 62.5 Å². The number of aromatic nitrogens is 3. The minimum absolute atomic E-state index is 0.186. The van der Waals surface area contributed by atoms with Crippen LogP contribution >= 0.6 is 138 Å². The van der Waals surface area contributed by atoms with E-state index in [1.807, 2.05) is 112 Å². The zero-order valence-electron chi connectivity index (χ0n) is 62.8. The number of carbonyl (C=O) groups is 4. The van der Waals surface area contributed by atoms with Crippen LogP contribution in [0.5, 0.6) is 0 Å². The van der Waals surface area contributed by atoms with Crippen molar-refractivity contribution in [2.75, 3.05) is 19.8 Å². The first kappa shape index (κ1) is 85.1. The van der Waals surface area contributed by atoms with E-state index >= 15 is 0 Å². The Morgan fingerprint density at radius 2 is 0.687 bits per heavy atom. The highest BCUT2D eigenvalue weighted by molar-refractivity contribution is 7.11. The summed E-state index contributed by atoms with van der Waals surface area (Å²) < 4.78 is 40.6. The Bertz CT molecular complexity index is 5800. The molecule has 0 saturated heterocycles. The van der Waals surface area contributed by atoms with Gasteiger partial charge in [-0.1, -0.05) is 182 Å². The van der Waals surface area contributed by atoms with Gasteiger partial charge >= 0.3 is 17.9 Å². The largest absolute Gasteiger partial charge is 0.481 e. The molecule has 115 heavy (non-hydrogen) atoms. The molecular formula is C83H70Cl6N6O14S6. The van der Waals surface area contributed by atoms with Crippen molar-refractivity contribution in [3.05, 3.63) is 298 Å². The molecule has 20 nitrogen and oxygen atoms in total. The summed E-state index contributed by atoms with van der Waals surface area (Å²) in [7, 11) is 0. The lowest BCUT2D eigenvalue weighted by molar-refractivity contribution is -0.141. The Hall–Kier alpha value is -9.26. The number of nitrogens with zero attached hydrogens (tertiary/aromatic N) is 6. The number of aliphatic carboxylic acids is 1. The summed E-state index contributed by atoms with van der Waals surface area (Å²) in [6.07, 6.45) is 5.02. The molecule has 3 atom stereocenters. The maximum Gasteiger partial charge on any atom is 0.338 e. The normalized spacial score (nSPS) is 15.4. The van der Waals surface area contributed by atoms with Crippen LogP contribution in [0.25, 0.3) is 52.2 Å². The first-order valence-electron chi connectivity index (χ1n) is 35.5. The Kier molecular flexibility index (Phi) is 27.6. The van der Waals surface area contributed by atoms with Crippen molar-refractivity contribution in [3.8, 4) is 34.0 Å². The Morgan fingerprint density at radius 3 is 0.922 bits per heavy atom. The fourth-order valence-corrected chi connectivity index (χ4v) is 18.8. The number of hydrogen-bond donors (Lipinski definition) is 1. The number of rotatable bonds is 18. The lowest BCUT2D eigenvalue weighted by Crippen LogP contribution is -2.39. The minimum atomic E-state index is -0.833. The molecule has 0 saturated carbocycles. The molecule has 9 aromatic heterocycles. The number of furan rings is 3. The van der Waals surface area contributed by atoms with Gasteiger partial charge in [-0.05, 0) is 146 Å². The molecule has 3 aliphatic rings. The van der Waals surface area contributed by atoms with Gasteiger partial charge in [-0.3, -0.25) is 32.9 Å². The van der Waals surface area contributed by atoms with E-state index in [0.29, 0.717) is 143 Å². The third-order valence-electron chi connectivity index (χ3n) is 17.2. The zero-order valence-corrected chi connectivity index (χ0v) is 72.3. The fourth-order valence-electron chi connectivity index (χ4n) is 12.1. The third-order valence-corrected chi connectivity index (χ3v) is 25.3. The summed E-state index contributed by atoms with van der Waals surface area (Å²) in [5.41, 5.74) is 3.93. The average molecular weight is 1780 g/mol. The molecule has 12 heterocycles. The second-order valence-electron chi connectivity index (χ2n) is 27.2. The van der Waals surface area contributed by atoms with E-state index in [-0.39, 0.29) is 54.3 Å². The molecule has 594 valence electrons. The lowest BCUT2D eigenvalue weighted by atomic mass is 10.0. The van der Waals surface area contributed by atoms with Gasteiger partial charge in [-0.2, -0.15) is 0 Å². The molecule has 3 unspecified atom stereocenters. The molecule has 1 N–H and O–H groups in total. The van der Waals surface area contributed by atoms with Crippen molar-refractivity contribution in [1.82, 2.24) is 13.7 Å². The first-order chi connectivity index (χ1) is 55.0. The highest BCUT2D eigenvalue weighted by Gasteiger charge is 2.38. The van der Waals surface area contributed by atoms with Crippen molar-refractivity contribution in [1.29, 1.82) is 0 Å². The Morgan fingerprint density at radius 1 is 0.426 bits per heavy atom. The standard InChI is InChI=1S/3C27H22Cl2N2O4S2.C2H4O2/c3*1-14(2)13-34-26(33)22-15(3)30-27-31(24(22)20-8-5-11-36-20)25(32)21(37-27)12-16-9-10-19(35-16)17-6-4-7-18(28)23(17)29;1-2(3)4/h3*4-12,14,24H,13H2,1-3H3;1H3,(H,3,4)/b3*21-12-;. The molecule has 0 bridgehead atoms. The number of halogens is 6. The molecule has 3 aliphatic heterocycles. The van der Waals surface area contributed by atoms with Gasteiger partial charge in [-0.25, -0.2) is 29.4 Å². The molecule has 0 radical (unpaired) electrons. The van der Waals surface area contributed by atoms with Crippen LogP contribution in [0.2, 0.25) is 30.1 Å². The number of carboxylic acid groups (broad SMARTS) is 1. The predicted octanol–water partition coefficient (Wildman–Crippen LogP) is 18.3. The van der Waals surface area contributed by atoms with Crippen molar-refractivity contribution < 1.29 is 51.7 Å². The monoisotopic (exact) mass is 1780 g/mol. The van der Waals surface area contributed by atoms with Crippen LogP contribution in [0.4, 0.5) is 0 Å². The number of benzene rings is 3. The van der Waals surface area contributed by atoms with E-state index in [1.165, 1.54) is 68.0 Å². The molecule has 0 aliphatic carbocycles. The number of thiophene rings is 3. The summed E-state index contributed by atoms with van der Waals surface area (Å²) >= 11 is 45.6. The molecule has 0 fully saturated rings. The van der Waals surface area contributed by atoms with Crippen LogP contribution in [-0.2, 0) is 33.4 Å². The van der Waals surface area contributed by atoms with Gasteiger partial charge in [0.15, 0.2) is 14.4 Å². The van der Waals surface area contributed by atoms with E-state index < -0.39 is 42.0 Å². The van der Waals surface area contributed by atoms with Crippen molar-refractivity contribution in [3.63, 3.8) is 0 Å². The van der Waals surface area contributed by atoms with Gasteiger partial charge in [0.25, 0.3) is 22.6 Å². The van der Waals surface area contributed by atoms with Crippen LogP contribution in [0, 0.1) is 17.8 Å². The number of ether oxygens (including phenoxy) is 3. The number of allylic oxidation sites excluding steroid dienone is 3. The van der Waals surface area contributed by atoms with Crippen molar-refractivity contribution >= 4 is 180 Å². The zero-order chi connectivity index (χ0) is 82.4. The van der Waals surface area contributed by atoms with Crippen LogP contribution in [0.15, 0.2) is 220 Å². The summed E-state index contributed by atoms with van der Waals surface area (Å²) in [5, 5.41) is 15.6. The molecule has 3 aromatic carbocycles. The molecule has 0 amide bonds. The highest BCUT2D eigenvalue weighted by atomic mass is 35.5. The second kappa shape index (κ2) is 37.3. The summed E-state index contributed by atoms with van der Waals surface area (Å²) in [4.78, 5) is 107. The fraction of sp³-hybridized carbons (Fsp3) is 0.229. The number of esters is 3. The maximum absolute atomic E-state index is 13.7. The molecule has 32 heteroatoms. The number of fused-ring (bicyclic) bond motifs is 3. The number of hydrogen-bond acceptors (Lipinski definition) is 22. The van der Waals surface area contributed by atoms with Gasteiger partial charge in [0, 0.05) is 56.5 Å². The summed E-state index contributed by atoms with van der Waals surface area (Å²) in [6, 6.07) is 36.1. The maximum atomic E-state index is 13.7. The third kappa shape index (κ3) is 19.2. The van der Waals surface area contributed by atoms with Gasteiger partial charge in [0.1, 0.15) is 52.7 Å². The van der Waals surface area contributed by atoms with E-state index in [2.05, 4.69) is 15.0 Å². The number of carbonyl (C=O) groups excluding carboxylic acids is 3. The van der Waals surface area contributed by atoms with Gasteiger partial charge < -0.3 is 32.6 Å². The topological polar surface area (TPSA) is 259 Å². The SMILES string of the molecule is CC(=O)O.CC1=C(C(=O)OCC(C)C)C(c2cccs2)n2c(s/c(=C\c3ccc(-c4cccc(Cl)c4Cl)o3)c2=O)=N1.CC1=C(C(=O)OCC(C)C)C(c2cccs2)n2c(s/c(=C\c3ccc(-c4cccc(Cl)c4Cl)o3)c2=O)=N1.CC1=C(C(=O)OCC(C)C)C(c2cccs2)n2c(s/c(=C\c3ccc(-c4cccc(Cl)c4Cl)o3)c2=O)=N1. The number of carboxylic acids is 1. The predicted molar refractivity (Wildman–Crippen MR) is 457 cm³/mol. The van der Waals surface area contributed by atoms with Gasteiger partial charge in [0.05, 0.1) is 97.4 Å². The molecule has 12 aromatic rings. The smallest absolute Gasteiger partial charge is 0.338 e. The summed E-state index contributed by atoms with van der Waals surface area (Å²) in [6.45, 7) is 19.1. The quantitative estimate of drug-likeness (QED) is 0.0619. The van der Waals surface area contributed by atoms with Crippen molar-refractivity contribution in [2.24, 2.45) is 32.7 Å². The van der Waals surface area contributed by atoms with E-state index in [4.69, 9.17) is 107 Å². The van der Waals surface area contributed by atoms with E-state index in [1.54, 1.807) is 125 Å². The van der Waals surface area contributed by atoms with Crippen LogP contribution < -0.4 is 44.7 Å². The van der Waals surface area contributed by atoms with Gasteiger partial charge in [-0.15, -0.1) is 34.0 Å². The lowest BCUT2D eigenvalue weighted by Gasteiger charge is -2.23. The first-order valence-corrected chi connectivity index (χ1v) is 42.8. The van der Waals surface area contributed by atoms with Crippen LogP contribution in [0.3, 0.4) is 0 Å². The van der Waals surface area contributed by atoms with Gasteiger partial charge in [0.2, 0.25) is 0 Å².